The molecular formula is C39H57BrN6O5Si2. The van der Waals surface area contributed by atoms with Gasteiger partial charge in [-0.1, -0.05) is 75.7 Å². The van der Waals surface area contributed by atoms with Crippen LogP contribution in [0.2, 0.25) is 51.4 Å². The molecule has 4 aromatic rings. The Balaban J connectivity index is 1.49. The Morgan fingerprint density at radius 1 is 0.887 bits per heavy atom. The molecule has 1 aliphatic rings. The molecule has 0 radical (unpaired) electrons. The van der Waals surface area contributed by atoms with Crippen LogP contribution in [0.5, 0.6) is 5.88 Å². The number of ether oxygens (including phenoxy) is 4. The standard InChI is InChI=1S/C39H57BrN6O5Si2/c1-39(2,3)51-38(47)44-19-17-31(18-20-44)50-36-34(40)37(45(27-48-21-23-52(4,5)6)28-49-22-24-53(7,8)9)46-35(43-36)32(26-42-46)30-15-16-33(41-25-30)29-13-11-10-12-14-29/h10-16,25-26,31H,17-24,27-28H2,1-9H3. The van der Waals surface area contributed by atoms with E-state index in [4.69, 9.17) is 34.0 Å². The fourth-order valence-electron chi connectivity index (χ4n) is 5.73. The Labute approximate surface area is 325 Å². The van der Waals surface area contributed by atoms with Crippen molar-refractivity contribution in [2.75, 3.05) is 44.7 Å². The van der Waals surface area contributed by atoms with Gasteiger partial charge in [0, 0.05) is 78.2 Å². The SMILES string of the molecule is CC(C)(C)OC(=O)N1CCC(Oc2nc3c(-c4ccc(-c5ccccc5)nc4)cnn3c(N(COCC[Si](C)(C)C)COCC[Si](C)(C)C)c2Br)CC1. The van der Waals surface area contributed by atoms with Crippen LogP contribution in [0.25, 0.3) is 28.0 Å². The summed E-state index contributed by atoms with van der Waals surface area (Å²) >= 11 is 3.90. The average molecular weight is 826 g/mol. The molecule has 0 N–H and O–H groups in total. The first-order valence-electron chi connectivity index (χ1n) is 18.6. The lowest BCUT2D eigenvalue weighted by Crippen LogP contribution is -2.44. The van der Waals surface area contributed by atoms with E-state index < -0.39 is 21.7 Å². The van der Waals surface area contributed by atoms with Gasteiger partial charge < -0.3 is 28.7 Å². The number of aromatic nitrogens is 4. The highest BCUT2D eigenvalue weighted by atomic mass is 79.9. The molecule has 0 saturated carbocycles. The predicted octanol–water partition coefficient (Wildman–Crippen LogP) is 9.43. The van der Waals surface area contributed by atoms with Crippen LogP contribution in [-0.4, -0.2) is 98.2 Å². The quantitative estimate of drug-likeness (QED) is 0.0659. The van der Waals surface area contributed by atoms with E-state index in [-0.39, 0.29) is 12.2 Å². The third-order valence-electron chi connectivity index (χ3n) is 8.84. The molecule has 1 amide bonds. The molecule has 5 rings (SSSR count). The number of carbonyl (C=O) groups is 1. The highest BCUT2D eigenvalue weighted by molar-refractivity contribution is 9.10. The lowest BCUT2D eigenvalue weighted by molar-refractivity contribution is 0.0122. The lowest BCUT2D eigenvalue weighted by Gasteiger charge is -2.33. The van der Waals surface area contributed by atoms with Gasteiger partial charge in [-0.05, 0) is 54.9 Å². The Morgan fingerprint density at radius 2 is 1.51 bits per heavy atom. The number of anilines is 1. The first-order chi connectivity index (χ1) is 25.0. The summed E-state index contributed by atoms with van der Waals surface area (Å²) in [5, 5.41) is 4.88. The van der Waals surface area contributed by atoms with Gasteiger partial charge in [-0.25, -0.2) is 4.79 Å². The average Bonchev–Trinajstić information content (AvgIpc) is 3.50. The molecule has 14 heteroatoms. The molecular weight excluding hydrogens is 769 g/mol. The number of amides is 1. The van der Waals surface area contributed by atoms with Gasteiger partial charge in [0.2, 0.25) is 5.88 Å². The van der Waals surface area contributed by atoms with E-state index in [1.165, 1.54) is 0 Å². The maximum absolute atomic E-state index is 12.8. The number of pyridine rings is 1. The lowest BCUT2D eigenvalue weighted by atomic mass is 10.1. The van der Waals surface area contributed by atoms with E-state index in [0.29, 0.717) is 68.6 Å². The van der Waals surface area contributed by atoms with Gasteiger partial charge >= 0.3 is 6.09 Å². The fourth-order valence-corrected chi connectivity index (χ4v) is 7.85. The van der Waals surface area contributed by atoms with Crippen LogP contribution in [0.3, 0.4) is 0 Å². The summed E-state index contributed by atoms with van der Waals surface area (Å²) in [5.41, 5.74) is 3.74. The number of halogens is 1. The van der Waals surface area contributed by atoms with Gasteiger partial charge in [0.25, 0.3) is 0 Å². The molecule has 0 atom stereocenters. The van der Waals surface area contributed by atoms with Crippen molar-refractivity contribution < 1.29 is 23.7 Å². The molecule has 1 aromatic carbocycles. The van der Waals surface area contributed by atoms with E-state index in [1.54, 1.807) is 4.90 Å². The number of likely N-dealkylation sites (tertiary alicyclic amines) is 1. The van der Waals surface area contributed by atoms with Crippen molar-refractivity contribution in [2.24, 2.45) is 0 Å². The predicted molar refractivity (Wildman–Crippen MR) is 221 cm³/mol. The maximum atomic E-state index is 12.8. The number of benzene rings is 1. The maximum Gasteiger partial charge on any atom is 0.410 e. The molecule has 1 saturated heterocycles. The normalized spacial score (nSPS) is 14.5. The van der Waals surface area contributed by atoms with Crippen molar-refractivity contribution >= 4 is 49.6 Å². The van der Waals surface area contributed by atoms with E-state index in [2.05, 4.69) is 78.3 Å². The second-order valence-electron chi connectivity index (χ2n) is 17.2. The van der Waals surface area contributed by atoms with Crippen LogP contribution in [0.1, 0.15) is 33.6 Å². The number of carbonyl (C=O) groups excluding carboxylic acids is 1. The molecule has 1 aliphatic heterocycles. The molecule has 1 fully saturated rings. The molecule has 11 nitrogen and oxygen atoms in total. The smallest absolute Gasteiger partial charge is 0.410 e. The second-order valence-corrected chi connectivity index (χ2v) is 29.2. The van der Waals surface area contributed by atoms with Crippen LogP contribution >= 0.6 is 15.9 Å². The van der Waals surface area contributed by atoms with Crippen molar-refractivity contribution in [1.82, 2.24) is 24.5 Å². The number of fused-ring (bicyclic) bond motifs is 1. The van der Waals surface area contributed by atoms with E-state index in [9.17, 15) is 4.79 Å². The molecule has 53 heavy (non-hydrogen) atoms. The van der Waals surface area contributed by atoms with Gasteiger partial charge in [-0.3, -0.25) is 4.98 Å². The van der Waals surface area contributed by atoms with Gasteiger partial charge in [-0.15, -0.1) is 0 Å². The Bertz CT molecular complexity index is 1780. The third-order valence-corrected chi connectivity index (χ3v) is 12.9. The van der Waals surface area contributed by atoms with Crippen LogP contribution in [-0.2, 0) is 14.2 Å². The van der Waals surface area contributed by atoms with Crippen molar-refractivity contribution in [3.63, 3.8) is 0 Å². The summed E-state index contributed by atoms with van der Waals surface area (Å²) in [5.74, 6) is 1.19. The topological polar surface area (TPSA) is 104 Å². The highest BCUT2D eigenvalue weighted by Crippen LogP contribution is 2.38. The zero-order chi connectivity index (χ0) is 38.4. The fraction of sp³-hybridized carbons (Fsp3) is 0.538. The zero-order valence-corrected chi connectivity index (χ0v) is 36.5. The van der Waals surface area contributed by atoms with Crippen LogP contribution < -0.4 is 9.64 Å². The minimum atomic E-state index is -1.30. The monoisotopic (exact) mass is 824 g/mol. The van der Waals surface area contributed by atoms with Gasteiger partial charge in [0.05, 0.1) is 11.9 Å². The second kappa shape index (κ2) is 17.4. The summed E-state index contributed by atoms with van der Waals surface area (Å²) < 4.78 is 27.5. The van der Waals surface area contributed by atoms with Crippen molar-refractivity contribution in [3.05, 3.63) is 59.3 Å². The summed E-state index contributed by atoms with van der Waals surface area (Å²) in [7, 11) is -2.60. The number of rotatable bonds is 15. The molecule has 0 aliphatic carbocycles. The zero-order valence-electron chi connectivity index (χ0n) is 32.9. The van der Waals surface area contributed by atoms with Crippen molar-refractivity contribution in [3.8, 4) is 28.3 Å². The van der Waals surface area contributed by atoms with Gasteiger partial charge in [-0.2, -0.15) is 14.6 Å². The first-order valence-corrected chi connectivity index (χ1v) is 26.8. The molecule has 0 spiro atoms. The van der Waals surface area contributed by atoms with E-state index >= 15 is 0 Å². The largest absolute Gasteiger partial charge is 0.473 e. The Kier molecular flexibility index (Phi) is 13.4. The molecule has 4 heterocycles. The Hall–Kier alpha value is -3.31. The van der Waals surface area contributed by atoms with Crippen molar-refractivity contribution in [1.29, 1.82) is 0 Å². The summed E-state index contributed by atoms with van der Waals surface area (Å²) in [6, 6.07) is 16.3. The summed E-state index contributed by atoms with van der Waals surface area (Å²) in [6.45, 7) is 22.8. The number of hydrogen-bond acceptors (Lipinski definition) is 9. The highest BCUT2D eigenvalue weighted by Gasteiger charge is 2.30. The van der Waals surface area contributed by atoms with Crippen LogP contribution in [0.15, 0.2) is 59.3 Å². The Morgan fingerprint density at radius 3 is 2.06 bits per heavy atom. The van der Waals surface area contributed by atoms with Crippen LogP contribution in [0.4, 0.5) is 10.6 Å². The molecule has 288 valence electrons. The first kappa shape index (κ1) is 40.9. The minimum Gasteiger partial charge on any atom is -0.473 e. The van der Waals surface area contributed by atoms with E-state index in [1.807, 2.05) is 61.9 Å². The van der Waals surface area contributed by atoms with E-state index in [0.717, 1.165) is 40.3 Å². The minimum absolute atomic E-state index is 0.152. The number of piperidine rings is 1. The summed E-state index contributed by atoms with van der Waals surface area (Å²) in [4.78, 5) is 26.5. The third kappa shape index (κ3) is 11.8. The molecule has 0 unspecified atom stereocenters. The molecule has 0 bridgehead atoms. The van der Waals surface area contributed by atoms with Gasteiger partial charge in [0.1, 0.15) is 29.6 Å². The van der Waals surface area contributed by atoms with Crippen molar-refractivity contribution in [2.45, 2.75) is 96.7 Å². The van der Waals surface area contributed by atoms with Gasteiger partial charge in [0.15, 0.2) is 11.5 Å². The number of hydrogen-bond donors (Lipinski definition) is 0. The number of nitrogens with zero attached hydrogens (tertiary/aromatic N) is 6. The summed E-state index contributed by atoms with van der Waals surface area (Å²) in [6.07, 6.45) is 4.54. The molecule has 3 aromatic heterocycles. The van der Waals surface area contributed by atoms with Crippen LogP contribution in [0, 0.1) is 0 Å².